The molecule has 0 saturated carbocycles. The van der Waals surface area contributed by atoms with Crippen molar-refractivity contribution in [2.75, 3.05) is 18.2 Å². The molecule has 2 aromatic heterocycles. The van der Waals surface area contributed by atoms with E-state index in [1.54, 1.807) is 35.9 Å². The lowest BCUT2D eigenvalue weighted by Crippen LogP contribution is -2.14. The SMILES string of the molecule is COc1ccc(NC(=O)CSc2nnc3c(C)cc(C)nn23)cc1. The lowest BCUT2D eigenvalue weighted by atomic mass is 10.3. The second kappa shape index (κ2) is 6.88. The summed E-state index contributed by atoms with van der Waals surface area (Å²) in [6.07, 6.45) is 0. The zero-order valence-electron chi connectivity index (χ0n) is 13.6. The molecule has 3 aromatic rings. The maximum absolute atomic E-state index is 12.1. The number of benzene rings is 1. The van der Waals surface area contributed by atoms with Crippen molar-refractivity contribution in [3.63, 3.8) is 0 Å². The molecule has 2 heterocycles. The van der Waals surface area contributed by atoms with Crippen molar-refractivity contribution >= 4 is 29.0 Å². The molecule has 0 spiro atoms. The highest BCUT2D eigenvalue weighted by Crippen LogP contribution is 2.19. The molecule has 1 aromatic carbocycles. The third-order valence-electron chi connectivity index (χ3n) is 3.35. The van der Waals surface area contributed by atoms with Gasteiger partial charge in [0.15, 0.2) is 5.65 Å². The smallest absolute Gasteiger partial charge is 0.234 e. The van der Waals surface area contributed by atoms with Crippen molar-refractivity contribution in [1.82, 2.24) is 19.8 Å². The molecule has 0 aliphatic rings. The van der Waals surface area contributed by atoms with E-state index < -0.39 is 0 Å². The van der Waals surface area contributed by atoms with Crippen LogP contribution in [0.1, 0.15) is 11.3 Å². The Labute approximate surface area is 143 Å². The van der Waals surface area contributed by atoms with Crippen molar-refractivity contribution in [3.05, 3.63) is 41.6 Å². The predicted molar refractivity (Wildman–Crippen MR) is 92.6 cm³/mol. The second-order valence-corrected chi connectivity index (χ2v) is 6.19. The molecule has 8 heteroatoms. The van der Waals surface area contributed by atoms with Crippen LogP contribution in [0, 0.1) is 13.8 Å². The predicted octanol–water partition coefficient (Wildman–Crippen LogP) is 2.48. The van der Waals surface area contributed by atoms with E-state index in [1.807, 2.05) is 19.9 Å². The summed E-state index contributed by atoms with van der Waals surface area (Å²) in [7, 11) is 1.60. The number of nitrogens with one attached hydrogen (secondary N) is 1. The van der Waals surface area contributed by atoms with Crippen LogP contribution in [0.15, 0.2) is 35.5 Å². The van der Waals surface area contributed by atoms with Crippen LogP contribution in [0.25, 0.3) is 5.65 Å². The van der Waals surface area contributed by atoms with E-state index in [1.165, 1.54) is 11.8 Å². The number of aryl methyl sites for hydroxylation is 2. The van der Waals surface area contributed by atoms with Crippen LogP contribution >= 0.6 is 11.8 Å². The lowest BCUT2D eigenvalue weighted by Gasteiger charge is -2.06. The van der Waals surface area contributed by atoms with E-state index in [-0.39, 0.29) is 11.7 Å². The molecule has 124 valence electrons. The van der Waals surface area contributed by atoms with Gasteiger partial charge in [-0.25, -0.2) is 0 Å². The van der Waals surface area contributed by atoms with Gasteiger partial charge in [-0.05, 0) is 49.7 Å². The minimum atomic E-state index is -0.119. The van der Waals surface area contributed by atoms with Gasteiger partial charge in [0, 0.05) is 5.69 Å². The van der Waals surface area contributed by atoms with Crippen molar-refractivity contribution in [3.8, 4) is 5.75 Å². The maximum atomic E-state index is 12.1. The number of thioether (sulfide) groups is 1. The van der Waals surface area contributed by atoms with Crippen LogP contribution in [0.5, 0.6) is 5.75 Å². The van der Waals surface area contributed by atoms with Gasteiger partial charge in [0.05, 0.1) is 18.6 Å². The van der Waals surface area contributed by atoms with Crippen molar-refractivity contribution in [1.29, 1.82) is 0 Å². The topological polar surface area (TPSA) is 81.4 Å². The van der Waals surface area contributed by atoms with Crippen LogP contribution < -0.4 is 10.1 Å². The average Bonchev–Trinajstić information content (AvgIpc) is 2.97. The summed E-state index contributed by atoms with van der Waals surface area (Å²) in [5.41, 5.74) is 3.31. The Morgan fingerprint density at radius 1 is 1.25 bits per heavy atom. The maximum Gasteiger partial charge on any atom is 0.234 e. The Morgan fingerprint density at radius 3 is 2.71 bits per heavy atom. The summed E-state index contributed by atoms with van der Waals surface area (Å²) in [5, 5.41) is 16.1. The number of fused-ring (bicyclic) bond motifs is 1. The molecular weight excluding hydrogens is 326 g/mol. The lowest BCUT2D eigenvalue weighted by molar-refractivity contribution is -0.113. The Hall–Kier alpha value is -2.61. The highest BCUT2D eigenvalue weighted by atomic mass is 32.2. The van der Waals surface area contributed by atoms with Gasteiger partial charge in [0.1, 0.15) is 5.75 Å². The van der Waals surface area contributed by atoms with Crippen LogP contribution in [-0.4, -0.2) is 38.6 Å². The molecular formula is C16H17N5O2S. The molecule has 1 amide bonds. The van der Waals surface area contributed by atoms with Gasteiger partial charge in [-0.1, -0.05) is 11.8 Å². The van der Waals surface area contributed by atoms with Crippen molar-refractivity contribution in [2.45, 2.75) is 19.0 Å². The fraction of sp³-hybridized carbons (Fsp3) is 0.250. The number of aromatic nitrogens is 4. The third kappa shape index (κ3) is 3.48. The fourth-order valence-corrected chi connectivity index (χ4v) is 2.94. The van der Waals surface area contributed by atoms with E-state index in [0.29, 0.717) is 10.8 Å². The number of amides is 1. The highest BCUT2D eigenvalue weighted by molar-refractivity contribution is 7.99. The second-order valence-electron chi connectivity index (χ2n) is 5.25. The van der Waals surface area contributed by atoms with Gasteiger partial charge in [0.2, 0.25) is 11.1 Å². The number of anilines is 1. The number of rotatable bonds is 5. The van der Waals surface area contributed by atoms with Gasteiger partial charge < -0.3 is 10.1 Å². The summed E-state index contributed by atoms with van der Waals surface area (Å²) in [6, 6.07) is 9.13. The van der Waals surface area contributed by atoms with Gasteiger partial charge in [-0.2, -0.15) is 9.61 Å². The average molecular weight is 343 g/mol. The van der Waals surface area contributed by atoms with Gasteiger partial charge in [0.25, 0.3) is 0 Å². The van der Waals surface area contributed by atoms with E-state index in [4.69, 9.17) is 4.74 Å². The minimum Gasteiger partial charge on any atom is -0.497 e. The first-order valence-corrected chi connectivity index (χ1v) is 8.32. The number of carbonyl (C=O) groups is 1. The molecule has 7 nitrogen and oxygen atoms in total. The molecule has 0 aliphatic heterocycles. The molecule has 0 fully saturated rings. The molecule has 0 atom stereocenters. The molecule has 0 radical (unpaired) electrons. The largest absolute Gasteiger partial charge is 0.497 e. The van der Waals surface area contributed by atoms with Crippen LogP contribution in [-0.2, 0) is 4.79 Å². The standard InChI is InChI=1S/C16H17N5O2S/c1-10-8-11(2)20-21-15(10)18-19-16(21)24-9-14(22)17-12-4-6-13(23-3)7-5-12/h4-8H,9H2,1-3H3,(H,17,22). The summed E-state index contributed by atoms with van der Waals surface area (Å²) in [4.78, 5) is 12.1. The Balaban J connectivity index is 1.66. The number of ether oxygens (including phenoxy) is 1. The number of carbonyl (C=O) groups excluding carboxylic acids is 1. The zero-order valence-corrected chi connectivity index (χ0v) is 14.4. The van der Waals surface area contributed by atoms with Crippen LogP contribution in [0.3, 0.4) is 0 Å². The molecule has 0 aliphatic carbocycles. The molecule has 24 heavy (non-hydrogen) atoms. The minimum absolute atomic E-state index is 0.119. The van der Waals surface area contributed by atoms with E-state index in [0.717, 1.165) is 22.7 Å². The van der Waals surface area contributed by atoms with Crippen LogP contribution in [0.2, 0.25) is 0 Å². The number of nitrogens with zero attached hydrogens (tertiary/aromatic N) is 4. The number of methoxy groups -OCH3 is 1. The monoisotopic (exact) mass is 343 g/mol. The third-order valence-corrected chi connectivity index (χ3v) is 4.27. The van der Waals surface area contributed by atoms with Crippen molar-refractivity contribution < 1.29 is 9.53 Å². The van der Waals surface area contributed by atoms with E-state index >= 15 is 0 Å². The highest BCUT2D eigenvalue weighted by Gasteiger charge is 2.12. The Morgan fingerprint density at radius 2 is 2.00 bits per heavy atom. The summed E-state index contributed by atoms with van der Waals surface area (Å²) < 4.78 is 6.77. The Bertz CT molecular complexity index is 876. The van der Waals surface area contributed by atoms with Crippen molar-refractivity contribution in [2.24, 2.45) is 0 Å². The Kier molecular flexibility index (Phi) is 4.66. The van der Waals surface area contributed by atoms with Crippen LogP contribution in [0.4, 0.5) is 5.69 Å². The van der Waals surface area contributed by atoms with Gasteiger partial charge >= 0.3 is 0 Å². The number of hydrogen-bond donors (Lipinski definition) is 1. The van der Waals surface area contributed by atoms with E-state index in [9.17, 15) is 4.79 Å². The summed E-state index contributed by atoms with van der Waals surface area (Å²) in [6.45, 7) is 3.88. The summed E-state index contributed by atoms with van der Waals surface area (Å²) in [5.74, 6) is 0.849. The van der Waals surface area contributed by atoms with E-state index in [2.05, 4.69) is 20.6 Å². The number of hydrogen-bond acceptors (Lipinski definition) is 6. The molecule has 0 saturated heterocycles. The van der Waals surface area contributed by atoms with Gasteiger partial charge in [-0.15, -0.1) is 10.2 Å². The van der Waals surface area contributed by atoms with Gasteiger partial charge in [-0.3, -0.25) is 4.79 Å². The fourth-order valence-electron chi connectivity index (χ4n) is 2.26. The molecule has 0 bridgehead atoms. The molecule has 0 unspecified atom stereocenters. The molecule has 3 rings (SSSR count). The summed E-state index contributed by atoms with van der Waals surface area (Å²) >= 11 is 1.30. The first-order valence-electron chi connectivity index (χ1n) is 7.33. The normalized spacial score (nSPS) is 10.8. The first kappa shape index (κ1) is 16.3. The first-order chi connectivity index (χ1) is 11.6. The molecule has 1 N–H and O–H groups in total. The zero-order chi connectivity index (χ0) is 17.1. The quantitative estimate of drug-likeness (QED) is 0.717.